The number of aliphatic hydroxyl groups excluding tert-OH is 1. The maximum Gasteiger partial charge on any atom is 0.272 e. The van der Waals surface area contributed by atoms with E-state index in [2.05, 4.69) is 10.4 Å². The minimum Gasteiger partial charge on any atom is -0.396 e. The Morgan fingerprint density at radius 2 is 2.00 bits per heavy atom. The number of aryl methyl sites for hydroxylation is 2. The summed E-state index contributed by atoms with van der Waals surface area (Å²) in [6, 6.07) is 9.82. The predicted octanol–water partition coefficient (Wildman–Crippen LogP) is 2.38. The zero-order chi connectivity index (χ0) is 16.1. The van der Waals surface area contributed by atoms with Crippen LogP contribution in [0.2, 0.25) is 0 Å². The van der Waals surface area contributed by atoms with Crippen LogP contribution in [0.1, 0.15) is 41.5 Å². The number of carbonyl (C=O) groups is 1. The molecule has 0 saturated heterocycles. The van der Waals surface area contributed by atoms with Crippen molar-refractivity contribution in [2.24, 2.45) is 0 Å². The van der Waals surface area contributed by atoms with Gasteiger partial charge in [0, 0.05) is 18.3 Å². The van der Waals surface area contributed by atoms with Gasteiger partial charge in [0.15, 0.2) is 5.69 Å². The molecule has 0 fully saturated rings. The summed E-state index contributed by atoms with van der Waals surface area (Å²) in [5, 5.41) is 16.1. The standard InChI is InChI=1S/C17H23N3O2/c1-12-6-8-15(9-7-12)20-14(3)11-16(19-20)17(22)18-13(2)5-4-10-21/h6-9,11,13,21H,4-5,10H2,1-3H3,(H,18,22). The van der Waals surface area contributed by atoms with E-state index >= 15 is 0 Å². The zero-order valence-electron chi connectivity index (χ0n) is 13.3. The number of aliphatic hydroxyl groups is 1. The van der Waals surface area contributed by atoms with E-state index in [-0.39, 0.29) is 18.6 Å². The van der Waals surface area contributed by atoms with Crippen molar-refractivity contribution in [1.29, 1.82) is 0 Å². The second-order valence-electron chi connectivity index (χ2n) is 5.66. The summed E-state index contributed by atoms with van der Waals surface area (Å²) in [6.07, 6.45) is 1.43. The summed E-state index contributed by atoms with van der Waals surface area (Å²) in [6.45, 7) is 6.03. The fourth-order valence-corrected chi connectivity index (χ4v) is 2.30. The Morgan fingerprint density at radius 1 is 1.32 bits per heavy atom. The fraction of sp³-hybridized carbons (Fsp3) is 0.412. The highest BCUT2D eigenvalue weighted by molar-refractivity contribution is 5.92. The first kappa shape index (κ1) is 16.2. The van der Waals surface area contributed by atoms with Gasteiger partial charge in [-0.2, -0.15) is 5.10 Å². The number of rotatable bonds is 6. The van der Waals surface area contributed by atoms with Crippen LogP contribution in [0, 0.1) is 13.8 Å². The third-order valence-corrected chi connectivity index (χ3v) is 3.57. The van der Waals surface area contributed by atoms with Gasteiger partial charge in [-0.3, -0.25) is 4.79 Å². The smallest absolute Gasteiger partial charge is 0.272 e. The molecule has 118 valence electrons. The molecule has 5 heteroatoms. The van der Waals surface area contributed by atoms with Crippen molar-refractivity contribution in [2.45, 2.75) is 39.7 Å². The summed E-state index contributed by atoms with van der Waals surface area (Å²) in [5.41, 5.74) is 3.45. The molecule has 1 aromatic carbocycles. The van der Waals surface area contributed by atoms with Crippen LogP contribution in [0.15, 0.2) is 30.3 Å². The number of hydrogen-bond acceptors (Lipinski definition) is 3. The van der Waals surface area contributed by atoms with E-state index in [1.807, 2.05) is 45.0 Å². The van der Waals surface area contributed by atoms with Crippen molar-refractivity contribution >= 4 is 5.91 Å². The Morgan fingerprint density at radius 3 is 2.64 bits per heavy atom. The highest BCUT2D eigenvalue weighted by Gasteiger charge is 2.15. The van der Waals surface area contributed by atoms with E-state index in [0.29, 0.717) is 12.1 Å². The Hall–Kier alpha value is -2.14. The molecule has 0 saturated carbocycles. The molecule has 1 atom stereocenters. The minimum absolute atomic E-state index is 0.0180. The molecule has 0 aliphatic rings. The number of benzene rings is 1. The van der Waals surface area contributed by atoms with Crippen molar-refractivity contribution < 1.29 is 9.90 Å². The maximum absolute atomic E-state index is 12.2. The van der Waals surface area contributed by atoms with Crippen LogP contribution in [0.5, 0.6) is 0 Å². The number of carbonyl (C=O) groups excluding carboxylic acids is 1. The van der Waals surface area contributed by atoms with Gasteiger partial charge in [-0.05, 0) is 51.8 Å². The third kappa shape index (κ3) is 3.95. The van der Waals surface area contributed by atoms with Gasteiger partial charge in [-0.15, -0.1) is 0 Å². The highest BCUT2D eigenvalue weighted by atomic mass is 16.3. The zero-order valence-corrected chi connectivity index (χ0v) is 13.3. The molecule has 2 N–H and O–H groups in total. The number of nitrogens with one attached hydrogen (secondary N) is 1. The largest absolute Gasteiger partial charge is 0.396 e. The first-order valence-electron chi connectivity index (χ1n) is 7.56. The van der Waals surface area contributed by atoms with Gasteiger partial charge in [0.1, 0.15) is 0 Å². The maximum atomic E-state index is 12.2. The quantitative estimate of drug-likeness (QED) is 0.861. The van der Waals surface area contributed by atoms with Gasteiger partial charge in [-0.25, -0.2) is 4.68 Å². The topological polar surface area (TPSA) is 67.2 Å². The van der Waals surface area contributed by atoms with E-state index < -0.39 is 0 Å². The highest BCUT2D eigenvalue weighted by Crippen LogP contribution is 2.13. The number of aromatic nitrogens is 2. The summed E-state index contributed by atoms with van der Waals surface area (Å²) in [7, 11) is 0. The molecule has 1 heterocycles. The van der Waals surface area contributed by atoms with Crippen LogP contribution in [0.4, 0.5) is 0 Å². The molecule has 5 nitrogen and oxygen atoms in total. The average molecular weight is 301 g/mol. The van der Waals surface area contributed by atoms with E-state index in [1.165, 1.54) is 5.56 Å². The van der Waals surface area contributed by atoms with E-state index in [0.717, 1.165) is 17.8 Å². The van der Waals surface area contributed by atoms with Crippen LogP contribution in [0.3, 0.4) is 0 Å². The summed E-state index contributed by atoms with van der Waals surface area (Å²) < 4.78 is 1.77. The molecule has 22 heavy (non-hydrogen) atoms. The SMILES string of the molecule is Cc1ccc(-n2nc(C(=O)NC(C)CCCO)cc2C)cc1. The lowest BCUT2D eigenvalue weighted by Gasteiger charge is -2.11. The molecule has 1 aromatic heterocycles. The van der Waals surface area contributed by atoms with Crippen molar-refractivity contribution in [2.75, 3.05) is 6.61 Å². The van der Waals surface area contributed by atoms with E-state index in [4.69, 9.17) is 5.11 Å². The van der Waals surface area contributed by atoms with Crippen molar-refractivity contribution in [3.8, 4) is 5.69 Å². The molecule has 0 aliphatic carbocycles. The van der Waals surface area contributed by atoms with Gasteiger partial charge < -0.3 is 10.4 Å². The van der Waals surface area contributed by atoms with Crippen LogP contribution < -0.4 is 5.32 Å². The summed E-state index contributed by atoms with van der Waals surface area (Å²) >= 11 is 0. The fourth-order valence-electron chi connectivity index (χ4n) is 2.30. The summed E-state index contributed by atoms with van der Waals surface area (Å²) in [4.78, 5) is 12.2. The lowest BCUT2D eigenvalue weighted by Crippen LogP contribution is -2.33. The molecule has 0 radical (unpaired) electrons. The van der Waals surface area contributed by atoms with Crippen LogP contribution in [0.25, 0.3) is 5.69 Å². The summed E-state index contributed by atoms with van der Waals surface area (Å²) in [5.74, 6) is -0.181. The molecule has 1 unspecified atom stereocenters. The second-order valence-corrected chi connectivity index (χ2v) is 5.66. The van der Waals surface area contributed by atoms with E-state index in [9.17, 15) is 4.79 Å². The van der Waals surface area contributed by atoms with Gasteiger partial charge in [0.2, 0.25) is 0 Å². The predicted molar refractivity (Wildman–Crippen MR) is 86.3 cm³/mol. The molecule has 0 bridgehead atoms. The number of nitrogens with zero attached hydrogens (tertiary/aromatic N) is 2. The number of hydrogen-bond donors (Lipinski definition) is 2. The van der Waals surface area contributed by atoms with E-state index in [1.54, 1.807) is 10.7 Å². The molecular formula is C17H23N3O2. The Labute approximate surface area is 131 Å². The molecule has 1 amide bonds. The average Bonchev–Trinajstić information content (AvgIpc) is 2.88. The Kier molecular flexibility index (Phi) is 5.33. The Bertz CT molecular complexity index is 632. The second kappa shape index (κ2) is 7.22. The van der Waals surface area contributed by atoms with Crippen molar-refractivity contribution in [3.63, 3.8) is 0 Å². The lowest BCUT2D eigenvalue weighted by molar-refractivity contribution is 0.0931. The van der Waals surface area contributed by atoms with Gasteiger partial charge >= 0.3 is 0 Å². The lowest BCUT2D eigenvalue weighted by atomic mass is 10.2. The van der Waals surface area contributed by atoms with Gasteiger partial charge in [0.25, 0.3) is 5.91 Å². The molecule has 2 aromatic rings. The van der Waals surface area contributed by atoms with Crippen LogP contribution >= 0.6 is 0 Å². The molecular weight excluding hydrogens is 278 g/mol. The van der Waals surface area contributed by atoms with Gasteiger partial charge in [0.05, 0.1) is 5.69 Å². The normalized spacial score (nSPS) is 12.2. The van der Waals surface area contributed by atoms with Crippen molar-refractivity contribution in [3.05, 3.63) is 47.3 Å². The first-order chi connectivity index (χ1) is 10.5. The molecule has 0 spiro atoms. The number of amides is 1. The Balaban J connectivity index is 2.12. The minimum atomic E-state index is -0.181. The molecule has 0 aliphatic heterocycles. The van der Waals surface area contributed by atoms with Crippen LogP contribution in [-0.2, 0) is 0 Å². The molecule has 2 rings (SSSR count). The van der Waals surface area contributed by atoms with Crippen LogP contribution in [-0.4, -0.2) is 33.4 Å². The third-order valence-electron chi connectivity index (χ3n) is 3.57. The first-order valence-corrected chi connectivity index (χ1v) is 7.56. The van der Waals surface area contributed by atoms with Gasteiger partial charge in [-0.1, -0.05) is 17.7 Å². The monoisotopic (exact) mass is 301 g/mol. The van der Waals surface area contributed by atoms with Crippen molar-refractivity contribution in [1.82, 2.24) is 15.1 Å².